The minimum absolute atomic E-state index is 1.06. The third-order valence-corrected chi connectivity index (χ3v) is 3.40. The van der Waals surface area contributed by atoms with Crippen LogP contribution in [0.5, 0.6) is 0 Å². The molecule has 2 bridgehead atoms. The van der Waals surface area contributed by atoms with Crippen molar-refractivity contribution >= 4 is 6.71 Å². The number of fused-ring (bicyclic) bond motifs is 1. The molecule has 1 saturated carbocycles. The molecule has 2 saturated heterocycles. The van der Waals surface area contributed by atoms with Crippen molar-refractivity contribution in [3.05, 3.63) is 0 Å². The van der Waals surface area contributed by atoms with Gasteiger partial charge in [0.25, 0.3) is 0 Å². The molecule has 2 aliphatic heterocycles. The molecular weight excluding hydrogens is 94.9 g/mol. The fourth-order valence-corrected chi connectivity index (χ4v) is 2.65. The van der Waals surface area contributed by atoms with Gasteiger partial charge in [-0.25, -0.2) is 0 Å². The fourth-order valence-electron chi connectivity index (χ4n) is 2.65. The Labute approximate surface area is 51.7 Å². The molecule has 3 aliphatic rings. The summed E-state index contributed by atoms with van der Waals surface area (Å²) in [6.45, 7) is 5.89. The Morgan fingerprint density at radius 2 is 2.25 bits per heavy atom. The predicted octanol–water partition coefficient (Wildman–Crippen LogP) is 2.15. The quantitative estimate of drug-likeness (QED) is 0.417. The van der Waals surface area contributed by atoms with E-state index in [-0.39, 0.29) is 0 Å². The minimum atomic E-state index is 1.06. The van der Waals surface area contributed by atoms with E-state index >= 15 is 0 Å². The lowest BCUT2D eigenvalue weighted by Gasteiger charge is -2.33. The summed E-state index contributed by atoms with van der Waals surface area (Å²) in [5.74, 6) is 3.35. The van der Waals surface area contributed by atoms with Crippen LogP contribution in [0.2, 0.25) is 19.0 Å². The lowest BCUT2D eigenvalue weighted by molar-refractivity contribution is 0.252. The van der Waals surface area contributed by atoms with Gasteiger partial charge in [-0.2, -0.15) is 0 Å². The molecule has 0 aromatic carbocycles. The smallest absolute Gasteiger partial charge is 0.0858 e. The Kier molecular flexibility index (Phi) is 0.804. The molecule has 0 amide bonds. The summed E-state index contributed by atoms with van der Waals surface area (Å²) in [6.07, 6.45) is 3.09. The molecule has 3 rings (SSSR count). The van der Waals surface area contributed by atoms with E-state index in [2.05, 4.69) is 13.7 Å². The standard InChI is InChI=1S/C7H13B/c1-5-6-3-7(5)8(2)4-6/h5-7H,3-4H2,1-2H3. The van der Waals surface area contributed by atoms with Gasteiger partial charge in [0.1, 0.15) is 6.71 Å². The highest BCUT2D eigenvalue weighted by molar-refractivity contribution is 6.61. The van der Waals surface area contributed by atoms with Crippen LogP contribution in [0.15, 0.2) is 0 Å². The van der Waals surface area contributed by atoms with Crippen molar-refractivity contribution < 1.29 is 0 Å². The largest absolute Gasteiger partial charge is 0.140 e. The van der Waals surface area contributed by atoms with E-state index in [0.717, 1.165) is 24.4 Å². The number of hydrogen-bond acceptors (Lipinski definition) is 0. The number of rotatable bonds is 0. The molecule has 0 spiro atoms. The van der Waals surface area contributed by atoms with Crippen LogP contribution in [0.3, 0.4) is 0 Å². The first kappa shape index (κ1) is 4.90. The van der Waals surface area contributed by atoms with Crippen molar-refractivity contribution in [3.63, 3.8) is 0 Å². The lowest BCUT2D eigenvalue weighted by Crippen LogP contribution is -2.23. The van der Waals surface area contributed by atoms with Crippen molar-refractivity contribution in [3.8, 4) is 0 Å². The van der Waals surface area contributed by atoms with E-state index in [1.165, 1.54) is 6.32 Å². The second-order valence-corrected chi connectivity index (χ2v) is 3.73. The van der Waals surface area contributed by atoms with Gasteiger partial charge >= 0.3 is 0 Å². The second-order valence-electron chi connectivity index (χ2n) is 3.73. The maximum Gasteiger partial charge on any atom is 0.140 e. The molecule has 0 aromatic rings. The average Bonchev–Trinajstić information content (AvgIpc) is 2.19. The predicted molar refractivity (Wildman–Crippen MR) is 37.4 cm³/mol. The molecular formula is C7H13B. The van der Waals surface area contributed by atoms with Gasteiger partial charge in [0.2, 0.25) is 0 Å². The van der Waals surface area contributed by atoms with Crippen LogP contribution in [0, 0.1) is 11.8 Å². The van der Waals surface area contributed by atoms with Crippen LogP contribution in [0.4, 0.5) is 0 Å². The summed E-state index contributed by atoms with van der Waals surface area (Å²) in [7, 11) is 0. The second kappa shape index (κ2) is 1.31. The molecule has 1 heteroatoms. The first-order valence-electron chi connectivity index (χ1n) is 3.79. The van der Waals surface area contributed by atoms with Gasteiger partial charge in [-0.1, -0.05) is 32.3 Å². The van der Waals surface area contributed by atoms with Gasteiger partial charge in [0.15, 0.2) is 0 Å². The average molecular weight is 108 g/mol. The van der Waals surface area contributed by atoms with Crippen LogP contribution in [0.25, 0.3) is 0 Å². The summed E-state index contributed by atoms with van der Waals surface area (Å²) < 4.78 is 0. The molecule has 44 valence electrons. The van der Waals surface area contributed by atoms with E-state index in [4.69, 9.17) is 0 Å². The summed E-state index contributed by atoms with van der Waals surface area (Å²) in [5.41, 5.74) is 0. The van der Waals surface area contributed by atoms with Crippen LogP contribution in [-0.4, -0.2) is 6.71 Å². The normalized spacial score (nSPS) is 51.8. The minimum Gasteiger partial charge on any atom is -0.0858 e. The Balaban J connectivity index is 2.13. The molecule has 1 aliphatic carbocycles. The highest BCUT2D eigenvalue weighted by Gasteiger charge is 2.49. The van der Waals surface area contributed by atoms with E-state index < -0.39 is 0 Å². The van der Waals surface area contributed by atoms with Gasteiger partial charge in [0, 0.05) is 0 Å². The molecule has 0 nitrogen and oxygen atoms in total. The zero-order valence-electron chi connectivity index (χ0n) is 5.72. The SMILES string of the molecule is CB1CC2CC1C2C. The van der Waals surface area contributed by atoms with Crippen LogP contribution in [-0.2, 0) is 0 Å². The Morgan fingerprint density at radius 3 is 2.38 bits per heavy atom. The van der Waals surface area contributed by atoms with Crippen molar-refractivity contribution in [2.75, 3.05) is 0 Å². The van der Waals surface area contributed by atoms with E-state index in [1.807, 2.05) is 0 Å². The van der Waals surface area contributed by atoms with Gasteiger partial charge in [-0.05, 0) is 11.8 Å². The third-order valence-electron chi connectivity index (χ3n) is 3.40. The molecule has 2 heterocycles. The molecule has 3 atom stereocenters. The fraction of sp³-hybridized carbons (Fsp3) is 1.00. The zero-order chi connectivity index (χ0) is 5.72. The monoisotopic (exact) mass is 108 g/mol. The van der Waals surface area contributed by atoms with E-state index in [0.29, 0.717) is 0 Å². The van der Waals surface area contributed by atoms with Crippen LogP contribution >= 0.6 is 0 Å². The highest BCUT2D eigenvalue weighted by atomic mass is 14.4. The first-order chi connectivity index (χ1) is 3.79. The van der Waals surface area contributed by atoms with Crippen molar-refractivity contribution in [1.82, 2.24) is 0 Å². The maximum atomic E-state index is 2.42. The van der Waals surface area contributed by atoms with Crippen molar-refractivity contribution in [1.29, 1.82) is 0 Å². The van der Waals surface area contributed by atoms with Gasteiger partial charge < -0.3 is 0 Å². The first-order valence-corrected chi connectivity index (χ1v) is 3.79. The topological polar surface area (TPSA) is 0 Å². The molecule has 0 N–H and O–H groups in total. The van der Waals surface area contributed by atoms with E-state index in [9.17, 15) is 0 Å². The molecule has 0 radical (unpaired) electrons. The summed E-state index contributed by atoms with van der Waals surface area (Å²) >= 11 is 0. The Morgan fingerprint density at radius 1 is 1.50 bits per heavy atom. The van der Waals surface area contributed by atoms with Crippen molar-refractivity contribution in [2.45, 2.75) is 32.3 Å². The van der Waals surface area contributed by atoms with E-state index in [1.54, 1.807) is 6.42 Å². The van der Waals surface area contributed by atoms with Gasteiger partial charge in [-0.15, -0.1) is 0 Å². The van der Waals surface area contributed by atoms with Crippen LogP contribution in [0.1, 0.15) is 13.3 Å². The molecule has 8 heavy (non-hydrogen) atoms. The third kappa shape index (κ3) is 0.386. The van der Waals surface area contributed by atoms with Crippen LogP contribution < -0.4 is 0 Å². The Hall–Kier alpha value is 0.0649. The number of hydrogen-bond donors (Lipinski definition) is 0. The lowest BCUT2D eigenvalue weighted by atomic mass is 9.44. The Bertz CT molecular complexity index is 107. The summed E-state index contributed by atoms with van der Waals surface area (Å²) in [6, 6.07) is 0. The zero-order valence-corrected chi connectivity index (χ0v) is 5.72. The summed E-state index contributed by atoms with van der Waals surface area (Å²) in [4.78, 5) is 0. The molecule has 3 unspecified atom stereocenters. The highest BCUT2D eigenvalue weighted by Crippen LogP contribution is 2.57. The maximum absolute atomic E-state index is 2.42. The molecule has 0 aromatic heterocycles. The molecule has 3 fully saturated rings. The van der Waals surface area contributed by atoms with Gasteiger partial charge in [-0.3, -0.25) is 0 Å². The van der Waals surface area contributed by atoms with Gasteiger partial charge in [0.05, 0.1) is 0 Å². The van der Waals surface area contributed by atoms with Crippen molar-refractivity contribution in [2.24, 2.45) is 11.8 Å². The summed E-state index contributed by atoms with van der Waals surface area (Å²) in [5, 5.41) is 0.